The molecule has 1 aliphatic rings. The Morgan fingerprint density at radius 3 is 2.46 bits per heavy atom. The smallest absolute Gasteiger partial charge is 0.383 e. The standard InChI is InChI=1S/C10H18N3O12P3/c1-6-4-9(13-3-2-8(11)12-10(13)14)23-7(6)5-22-27(18,19)25-28(20,21)24-26(15,16)17/h2-3,6-7,9H,4-5H2,1H3,(H,18,19)(H,20,21)(H2,11,12,14)(H2,15,16,17)/t6?,7-,9-/m1/s1. The minimum absolute atomic E-state index is 0.0245. The van der Waals surface area contributed by atoms with E-state index in [0.29, 0.717) is 6.42 Å². The molecule has 15 nitrogen and oxygen atoms in total. The molecular formula is C10H18N3O12P3. The lowest BCUT2D eigenvalue weighted by Gasteiger charge is -2.19. The van der Waals surface area contributed by atoms with Crippen LogP contribution in [-0.2, 0) is 31.6 Å². The Morgan fingerprint density at radius 2 is 1.89 bits per heavy atom. The molecule has 0 aromatic carbocycles. The highest BCUT2D eigenvalue weighted by molar-refractivity contribution is 7.66. The van der Waals surface area contributed by atoms with Crippen molar-refractivity contribution in [2.45, 2.75) is 25.7 Å². The Balaban J connectivity index is 1.98. The molecule has 0 saturated carbocycles. The molecule has 28 heavy (non-hydrogen) atoms. The summed E-state index contributed by atoms with van der Waals surface area (Å²) in [6.07, 6.45) is 0.104. The number of rotatable bonds is 8. The first-order valence-electron chi connectivity index (χ1n) is 7.46. The number of ether oxygens (including phenoxy) is 1. The Bertz CT molecular complexity index is 914. The number of nitrogens with two attached hydrogens (primary N) is 1. The highest BCUT2D eigenvalue weighted by atomic mass is 31.3. The number of nitrogen functional groups attached to an aromatic ring is 1. The van der Waals surface area contributed by atoms with Gasteiger partial charge in [0.25, 0.3) is 0 Å². The van der Waals surface area contributed by atoms with Gasteiger partial charge in [-0.3, -0.25) is 9.09 Å². The maximum atomic E-state index is 11.8. The van der Waals surface area contributed by atoms with Gasteiger partial charge in [0.15, 0.2) is 0 Å². The number of hydrogen-bond acceptors (Lipinski definition) is 10. The van der Waals surface area contributed by atoms with Gasteiger partial charge in [-0.15, -0.1) is 0 Å². The normalized spacial score (nSPS) is 27.2. The number of anilines is 1. The molecule has 3 unspecified atom stereocenters. The Hall–Kier alpha value is -0.950. The van der Waals surface area contributed by atoms with Gasteiger partial charge in [-0.2, -0.15) is 13.6 Å². The van der Waals surface area contributed by atoms with Crippen LogP contribution in [0.25, 0.3) is 0 Å². The molecule has 1 aromatic rings. The van der Waals surface area contributed by atoms with Crippen LogP contribution in [0, 0.1) is 5.92 Å². The summed E-state index contributed by atoms with van der Waals surface area (Å²) in [5.41, 5.74) is 4.74. The van der Waals surface area contributed by atoms with Crippen LogP contribution in [0.5, 0.6) is 0 Å². The molecule has 2 rings (SSSR count). The van der Waals surface area contributed by atoms with Gasteiger partial charge in [0, 0.05) is 6.20 Å². The Kier molecular flexibility index (Phi) is 7.02. The predicted molar refractivity (Wildman–Crippen MR) is 90.4 cm³/mol. The summed E-state index contributed by atoms with van der Waals surface area (Å²) in [4.78, 5) is 50.9. The number of phosphoric acid groups is 3. The van der Waals surface area contributed by atoms with Gasteiger partial charge in [-0.1, -0.05) is 6.92 Å². The summed E-state index contributed by atoms with van der Waals surface area (Å²) in [5.74, 6) is -0.252. The average molecular weight is 465 g/mol. The molecule has 160 valence electrons. The van der Waals surface area contributed by atoms with E-state index in [1.807, 2.05) is 0 Å². The van der Waals surface area contributed by atoms with Crippen molar-refractivity contribution < 1.29 is 51.2 Å². The highest BCUT2D eigenvalue weighted by Gasteiger charge is 2.42. The largest absolute Gasteiger partial charge is 0.490 e. The van der Waals surface area contributed by atoms with Gasteiger partial charge in [0.1, 0.15) is 12.0 Å². The molecule has 2 heterocycles. The molecule has 1 aromatic heterocycles. The van der Waals surface area contributed by atoms with Crippen molar-refractivity contribution in [1.82, 2.24) is 9.55 Å². The van der Waals surface area contributed by atoms with E-state index in [1.54, 1.807) is 6.92 Å². The van der Waals surface area contributed by atoms with Crippen LogP contribution in [0.2, 0.25) is 0 Å². The zero-order valence-electron chi connectivity index (χ0n) is 14.2. The van der Waals surface area contributed by atoms with E-state index >= 15 is 0 Å². The summed E-state index contributed by atoms with van der Waals surface area (Å²) in [6, 6.07) is 1.38. The van der Waals surface area contributed by atoms with Crippen molar-refractivity contribution in [2.75, 3.05) is 12.3 Å². The molecule has 18 heteroatoms. The Morgan fingerprint density at radius 1 is 1.25 bits per heavy atom. The van der Waals surface area contributed by atoms with Gasteiger partial charge in [0.05, 0.1) is 12.7 Å². The van der Waals surface area contributed by atoms with Crippen LogP contribution in [0.3, 0.4) is 0 Å². The third-order valence-electron chi connectivity index (χ3n) is 3.52. The molecular weight excluding hydrogens is 447 g/mol. The van der Waals surface area contributed by atoms with Crippen molar-refractivity contribution in [3.05, 3.63) is 22.7 Å². The fourth-order valence-corrected chi connectivity index (χ4v) is 5.39. The molecule has 5 atom stereocenters. The van der Waals surface area contributed by atoms with Crippen molar-refractivity contribution >= 4 is 29.3 Å². The maximum absolute atomic E-state index is 11.8. The molecule has 1 aliphatic heterocycles. The van der Waals surface area contributed by atoms with Crippen LogP contribution in [0.4, 0.5) is 5.82 Å². The molecule has 0 radical (unpaired) electrons. The molecule has 0 spiro atoms. The molecule has 6 N–H and O–H groups in total. The third-order valence-corrected chi connectivity index (χ3v) is 7.32. The topological polar surface area (TPSA) is 230 Å². The van der Waals surface area contributed by atoms with Crippen LogP contribution >= 0.6 is 23.5 Å². The lowest BCUT2D eigenvalue weighted by Crippen LogP contribution is -2.28. The van der Waals surface area contributed by atoms with E-state index in [4.69, 9.17) is 25.2 Å². The van der Waals surface area contributed by atoms with Crippen molar-refractivity contribution in [3.8, 4) is 0 Å². The third kappa shape index (κ3) is 6.83. The SMILES string of the molecule is CC1C[C@H](n2ccc(N)nc2=O)O[C@@H]1COP(=O)(O)OP(=O)(O)OP(=O)(O)O. The molecule has 0 bridgehead atoms. The first-order valence-corrected chi connectivity index (χ1v) is 12.0. The monoisotopic (exact) mass is 465 g/mol. The van der Waals surface area contributed by atoms with Gasteiger partial charge in [0.2, 0.25) is 0 Å². The zero-order chi connectivity index (χ0) is 21.3. The number of aromatic nitrogens is 2. The van der Waals surface area contributed by atoms with Gasteiger partial charge in [-0.25, -0.2) is 18.5 Å². The number of hydrogen-bond donors (Lipinski definition) is 5. The summed E-state index contributed by atoms with van der Waals surface area (Å²) >= 11 is 0. The highest BCUT2D eigenvalue weighted by Crippen LogP contribution is 2.66. The van der Waals surface area contributed by atoms with E-state index in [-0.39, 0.29) is 11.7 Å². The van der Waals surface area contributed by atoms with Crippen molar-refractivity contribution in [3.63, 3.8) is 0 Å². The van der Waals surface area contributed by atoms with Crippen molar-refractivity contribution in [1.29, 1.82) is 0 Å². The minimum atomic E-state index is -5.59. The fraction of sp³-hybridized carbons (Fsp3) is 0.600. The van der Waals surface area contributed by atoms with E-state index in [1.165, 1.54) is 12.3 Å². The van der Waals surface area contributed by atoms with E-state index in [2.05, 4.69) is 18.1 Å². The Labute approximate surface area is 157 Å². The minimum Gasteiger partial charge on any atom is -0.383 e. The summed E-state index contributed by atoms with van der Waals surface area (Å²) in [6.45, 7) is 1.10. The zero-order valence-corrected chi connectivity index (χ0v) is 16.9. The molecule has 1 fully saturated rings. The quantitative estimate of drug-likeness (QED) is 0.321. The summed E-state index contributed by atoms with van der Waals surface area (Å²) in [7, 11) is -16.3. The molecule has 0 aliphatic carbocycles. The van der Waals surface area contributed by atoms with Gasteiger partial charge >= 0.3 is 29.2 Å². The van der Waals surface area contributed by atoms with E-state index < -0.39 is 48.1 Å². The number of phosphoric ester groups is 1. The second-order valence-electron chi connectivity index (χ2n) is 5.77. The predicted octanol–water partition coefficient (Wildman–Crippen LogP) is 0.0924. The first kappa shape index (κ1) is 23.3. The average Bonchev–Trinajstić information content (AvgIpc) is 2.82. The molecule has 1 saturated heterocycles. The van der Waals surface area contributed by atoms with E-state index in [9.17, 15) is 23.4 Å². The van der Waals surface area contributed by atoms with E-state index in [0.717, 1.165) is 4.57 Å². The maximum Gasteiger partial charge on any atom is 0.490 e. The second-order valence-corrected chi connectivity index (χ2v) is 10.2. The van der Waals surface area contributed by atoms with Crippen molar-refractivity contribution in [2.24, 2.45) is 5.92 Å². The lowest BCUT2D eigenvalue weighted by molar-refractivity contribution is -0.0307. The van der Waals surface area contributed by atoms with Crippen LogP contribution < -0.4 is 11.4 Å². The molecule has 0 amide bonds. The second kappa shape index (κ2) is 8.42. The first-order chi connectivity index (χ1) is 12.7. The van der Waals surface area contributed by atoms with Gasteiger partial charge in [-0.05, 0) is 18.4 Å². The van der Waals surface area contributed by atoms with Crippen LogP contribution in [0.1, 0.15) is 19.6 Å². The van der Waals surface area contributed by atoms with Crippen LogP contribution in [0.15, 0.2) is 17.1 Å². The summed E-state index contributed by atoms with van der Waals surface area (Å²) in [5, 5.41) is 0. The lowest BCUT2D eigenvalue weighted by atomic mass is 10.0. The summed E-state index contributed by atoms with van der Waals surface area (Å²) < 4.78 is 52.1. The van der Waals surface area contributed by atoms with Gasteiger partial charge < -0.3 is 30.0 Å². The fourth-order valence-electron chi connectivity index (χ4n) is 2.36. The number of nitrogens with zero attached hydrogens (tertiary/aromatic N) is 2. The van der Waals surface area contributed by atoms with Crippen LogP contribution in [-0.4, -0.2) is 41.8 Å².